The van der Waals surface area contributed by atoms with Crippen molar-refractivity contribution in [3.63, 3.8) is 0 Å². The van der Waals surface area contributed by atoms with Crippen LogP contribution >= 0.6 is 22.9 Å². The Hall–Kier alpha value is -2.73. The standard InChI is InChI=1S/C21H22ClN5O2S/c1-4-29-14(3)21-25-19(12-30-21)20(28)24-13(2)11-27-8-7-18(26-27)15-5-6-16(10-23)17(22)9-15/h5-9,12-14H,4,11H2,1-3H3,(H,24,28). The third-order valence-corrected chi connectivity index (χ3v) is 5.70. The Morgan fingerprint density at radius 3 is 2.90 bits per heavy atom. The Labute approximate surface area is 184 Å². The smallest absolute Gasteiger partial charge is 0.271 e. The van der Waals surface area contributed by atoms with Crippen LogP contribution in [0.15, 0.2) is 35.8 Å². The van der Waals surface area contributed by atoms with Gasteiger partial charge in [0.1, 0.15) is 22.9 Å². The summed E-state index contributed by atoms with van der Waals surface area (Å²) in [5.74, 6) is -0.222. The zero-order valence-electron chi connectivity index (χ0n) is 16.9. The molecule has 0 fully saturated rings. The van der Waals surface area contributed by atoms with E-state index in [9.17, 15) is 4.79 Å². The van der Waals surface area contributed by atoms with Gasteiger partial charge in [-0.15, -0.1) is 11.3 Å². The highest BCUT2D eigenvalue weighted by molar-refractivity contribution is 7.09. The van der Waals surface area contributed by atoms with Gasteiger partial charge in [-0.25, -0.2) is 4.98 Å². The molecule has 1 amide bonds. The molecular formula is C21H22ClN5O2S. The first-order valence-corrected chi connectivity index (χ1v) is 10.8. The van der Waals surface area contributed by atoms with Crippen molar-refractivity contribution in [3.8, 4) is 17.3 Å². The highest BCUT2D eigenvalue weighted by atomic mass is 35.5. The number of aromatic nitrogens is 3. The van der Waals surface area contributed by atoms with E-state index in [1.165, 1.54) is 11.3 Å². The van der Waals surface area contributed by atoms with Crippen molar-refractivity contribution < 1.29 is 9.53 Å². The van der Waals surface area contributed by atoms with Crippen LogP contribution in [0.2, 0.25) is 5.02 Å². The summed E-state index contributed by atoms with van der Waals surface area (Å²) in [5, 5.41) is 19.4. The molecule has 2 unspecified atom stereocenters. The summed E-state index contributed by atoms with van der Waals surface area (Å²) >= 11 is 7.52. The SMILES string of the molecule is CCOC(C)c1nc(C(=O)NC(C)Cn2ccc(-c3ccc(C#N)c(Cl)c3)n2)cs1. The van der Waals surface area contributed by atoms with Gasteiger partial charge in [0.15, 0.2) is 0 Å². The molecule has 0 aliphatic carbocycles. The Balaban J connectivity index is 1.60. The molecule has 7 nitrogen and oxygen atoms in total. The maximum atomic E-state index is 12.5. The van der Waals surface area contributed by atoms with Gasteiger partial charge in [0, 0.05) is 29.8 Å². The fraction of sp³-hybridized carbons (Fsp3) is 0.333. The Morgan fingerprint density at radius 1 is 1.40 bits per heavy atom. The van der Waals surface area contributed by atoms with Gasteiger partial charge in [0.05, 0.1) is 22.8 Å². The molecule has 0 aliphatic rings. The fourth-order valence-corrected chi connectivity index (χ4v) is 3.93. The predicted molar refractivity (Wildman–Crippen MR) is 116 cm³/mol. The molecule has 3 aromatic rings. The molecule has 0 spiro atoms. The maximum absolute atomic E-state index is 12.5. The predicted octanol–water partition coefficient (Wildman–Crippen LogP) is 4.45. The quantitative estimate of drug-likeness (QED) is 0.555. The number of nitrogens with zero attached hydrogens (tertiary/aromatic N) is 4. The highest BCUT2D eigenvalue weighted by Gasteiger charge is 2.17. The average Bonchev–Trinajstić information content (AvgIpc) is 3.38. The van der Waals surface area contributed by atoms with Gasteiger partial charge in [0.25, 0.3) is 5.91 Å². The molecule has 1 N–H and O–H groups in total. The number of carbonyl (C=O) groups excluding carboxylic acids is 1. The van der Waals surface area contributed by atoms with E-state index >= 15 is 0 Å². The van der Waals surface area contributed by atoms with Crippen molar-refractivity contribution in [1.29, 1.82) is 5.26 Å². The minimum atomic E-state index is -0.222. The van der Waals surface area contributed by atoms with E-state index in [0.29, 0.717) is 29.4 Å². The van der Waals surface area contributed by atoms with E-state index in [4.69, 9.17) is 21.6 Å². The summed E-state index contributed by atoms with van der Waals surface area (Å²) in [6.07, 6.45) is 1.71. The molecule has 2 aromatic heterocycles. The number of hydrogen-bond acceptors (Lipinski definition) is 6. The fourth-order valence-electron chi connectivity index (χ4n) is 2.91. The Kier molecular flexibility index (Phi) is 7.21. The number of amides is 1. The van der Waals surface area contributed by atoms with E-state index in [1.54, 1.807) is 22.2 Å². The van der Waals surface area contributed by atoms with Crippen molar-refractivity contribution in [2.75, 3.05) is 6.61 Å². The summed E-state index contributed by atoms with van der Waals surface area (Å²) in [4.78, 5) is 16.9. The van der Waals surface area contributed by atoms with Gasteiger partial charge in [-0.05, 0) is 39.0 Å². The third kappa shape index (κ3) is 5.25. The van der Waals surface area contributed by atoms with Crippen LogP contribution in [-0.4, -0.2) is 33.3 Å². The van der Waals surface area contributed by atoms with Gasteiger partial charge in [-0.3, -0.25) is 9.48 Å². The number of nitriles is 1. The number of halogens is 1. The number of rotatable bonds is 8. The van der Waals surface area contributed by atoms with Crippen LogP contribution in [0.5, 0.6) is 0 Å². The van der Waals surface area contributed by atoms with Crippen LogP contribution in [-0.2, 0) is 11.3 Å². The van der Waals surface area contributed by atoms with Crippen molar-refractivity contribution in [2.45, 2.75) is 39.5 Å². The van der Waals surface area contributed by atoms with E-state index < -0.39 is 0 Å². The van der Waals surface area contributed by atoms with E-state index in [-0.39, 0.29) is 18.1 Å². The Morgan fingerprint density at radius 2 is 2.20 bits per heavy atom. The number of ether oxygens (including phenoxy) is 1. The zero-order chi connectivity index (χ0) is 21.7. The largest absolute Gasteiger partial charge is 0.372 e. The molecule has 0 saturated heterocycles. The summed E-state index contributed by atoms with van der Waals surface area (Å²) < 4.78 is 7.28. The lowest BCUT2D eigenvalue weighted by Crippen LogP contribution is -2.36. The molecule has 0 radical (unpaired) electrons. The first-order chi connectivity index (χ1) is 14.4. The summed E-state index contributed by atoms with van der Waals surface area (Å²) in [6.45, 7) is 6.86. The van der Waals surface area contributed by atoms with Crippen LogP contribution in [0.4, 0.5) is 0 Å². The molecule has 156 valence electrons. The lowest BCUT2D eigenvalue weighted by Gasteiger charge is -2.13. The van der Waals surface area contributed by atoms with E-state index in [0.717, 1.165) is 16.3 Å². The topological polar surface area (TPSA) is 92.8 Å². The first kappa shape index (κ1) is 22.0. The Bertz CT molecular complexity index is 1070. The lowest BCUT2D eigenvalue weighted by atomic mass is 10.1. The van der Waals surface area contributed by atoms with Gasteiger partial charge in [0.2, 0.25) is 0 Å². The highest BCUT2D eigenvalue weighted by Crippen LogP contribution is 2.24. The molecule has 0 aliphatic heterocycles. The lowest BCUT2D eigenvalue weighted by molar-refractivity contribution is 0.0759. The van der Waals surface area contributed by atoms with Gasteiger partial charge < -0.3 is 10.1 Å². The van der Waals surface area contributed by atoms with Crippen LogP contribution in [0.1, 0.15) is 47.9 Å². The summed E-state index contributed by atoms with van der Waals surface area (Å²) in [5.41, 5.74) is 2.39. The minimum absolute atomic E-state index is 0.128. The average molecular weight is 444 g/mol. The molecule has 2 atom stereocenters. The number of benzene rings is 1. The second-order valence-corrected chi connectivity index (χ2v) is 8.07. The van der Waals surface area contributed by atoms with Crippen molar-refractivity contribution in [2.24, 2.45) is 0 Å². The second-order valence-electron chi connectivity index (χ2n) is 6.77. The molecule has 1 aromatic carbocycles. The normalized spacial score (nSPS) is 12.9. The van der Waals surface area contributed by atoms with Crippen molar-refractivity contribution in [3.05, 3.63) is 57.1 Å². The zero-order valence-corrected chi connectivity index (χ0v) is 18.5. The van der Waals surface area contributed by atoms with Gasteiger partial charge in [-0.1, -0.05) is 17.7 Å². The van der Waals surface area contributed by atoms with Gasteiger partial charge in [-0.2, -0.15) is 10.4 Å². The van der Waals surface area contributed by atoms with E-state index in [2.05, 4.69) is 15.4 Å². The second kappa shape index (κ2) is 9.85. The molecule has 3 rings (SSSR count). The number of thiazole rings is 1. The summed E-state index contributed by atoms with van der Waals surface area (Å²) in [7, 11) is 0. The van der Waals surface area contributed by atoms with Crippen molar-refractivity contribution in [1.82, 2.24) is 20.1 Å². The first-order valence-electron chi connectivity index (χ1n) is 9.52. The number of hydrogen-bond donors (Lipinski definition) is 1. The molecule has 2 heterocycles. The number of carbonyl (C=O) groups is 1. The molecular weight excluding hydrogens is 422 g/mol. The molecule has 0 bridgehead atoms. The maximum Gasteiger partial charge on any atom is 0.271 e. The minimum Gasteiger partial charge on any atom is -0.372 e. The molecule has 0 saturated carbocycles. The van der Waals surface area contributed by atoms with Gasteiger partial charge >= 0.3 is 0 Å². The monoisotopic (exact) mass is 443 g/mol. The number of nitrogens with one attached hydrogen (secondary N) is 1. The van der Waals surface area contributed by atoms with Crippen molar-refractivity contribution >= 4 is 28.8 Å². The van der Waals surface area contributed by atoms with Crippen LogP contribution in [0.3, 0.4) is 0 Å². The van der Waals surface area contributed by atoms with E-state index in [1.807, 2.05) is 45.2 Å². The third-order valence-electron chi connectivity index (χ3n) is 4.38. The summed E-state index contributed by atoms with van der Waals surface area (Å²) in [6, 6.07) is 8.97. The molecule has 9 heteroatoms. The van der Waals surface area contributed by atoms with Crippen LogP contribution in [0.25, 0.3) is 11.3 Å². The van der Waals surface area contributed by atoms with Crippen LogP contribution < -0.4 is 5.32 Å². The molecule has 30 heavy (non-hydrogen) atoms. The van der Waals surface area contributed by atoms with Crippen LogP contribution in [0, 0.1) is 11.3 Å².